The number of imidazole rings is 1. The maximum atomic E-state index is 16.0. The van der Waals surface area contributed by atoms with Crippen molar-refractivity contribution in [2.24, 2.45) is 5.92 Å². The summed E-state index contributed by atoms with van der Waals surface area (Å²) >= 11 is 0. The Labute approximate surface area is 274 Å². The van der Waals surface area contributed by atoms with Crippen molar-refractivity contribution in [1.82, 2.24) is 30.1 Å². The van der Waals surface area contributed by atoms with Crippen LogP contribution in [0.25, 0.3) is 5.65 Å². The van der Waals surface area contributed by atoms with Crippen molar-refractivity contribution < 1.29 is 46.9 Å². The Morgan fingerprint density at radius 1 is 1.15 bits per heavy atom. The fourth-order valence-corrected chi connectivity index (χ4v) is 5.54. The number of hydrogen-bond acceptors (Lipinski definition) is 8. The number of alkyl carbamates (subject to hydrolysis) is 1. The first-order valence-corrected chi connectivity index (χ1v) is 14.9. The summed E-state index contributed by atoms with van der Waals surface area (Å²) < 4.78 is 105. The Morgan fingerprint density at radius 2 is 1.79 bits per heavy atom. The minimum absolute atomic E-state index is 0.0800. The van der Waals surface area contributed by atoms with E-state index in [0.717, 1.165) is 0 Å². The SMILES string of the molecule is [2H]C([2H])(N[C@H](COC)c1cnn2cc([C@@H](NC(=O)OC(C)(C)C)C3CCC(F)(F)CC3)nc2c1)C(F)(F)C([2H])([2H])N1C(=O)c2ccccc2C1=O. The van der Waals surface area contributed by atoms with Crippen molar-refractivity contribution in [3.63, 3.8) is 0 Å². The summed E-state index contributed by atoms with van der Waals surface area (Å²) in [6.07, 6.45) is 1.28. The van der Waals surface area contributed by atoms with Gasteiger partial charge in [0.05, 0.1) is 63.6 Å². The van der Waals surface area contributed by atoms with E-state index in [9.17, 15) is 23.2 Å². The zero-order valence-corrected chi connectivity index (χ0v) is 26.2. The van der Waals surface area contributed by atoms with Crippen LogP contribution in [0.1, 0.15) is 96.0 Å². The number of carbonyl (C=O) groups is 3. The van der Waals surface area contributed by atoms with Crippen LogP contribution in [0, 0.1) is 5.92 Å². The molecule has 0 radical (unpaired) electrons. The molecule has 0 unspecified atom stereocenters. The molecule has 1 fully saturated rings. The second kappa shape index (κ2) is 13.2. The molecule has 3 aromatic rings. The smallest absolute Gasteiger partial charge is 0.408 e. The molecule has 11 nitrogen and oxygen atoms in total. The molecule has 1 aliphatic heterocycles. The number of amides is 3. The Kier molecular flexibility index (Phi) is 8.15. The molecule has 2 N–H and O–H groups in total. The molecule has 47 heavy (non-hydrogen) atoms. The maximum absolute atomic E-state index is 16.0. The standard InChI is InChI=1S/C32H38F4N6O5/c1-30(2,3)47-29(45)40-26(19-9-11-31(33,34)12-10-19)23-15-42-25(39-23)13-20(14-38-42)24(16-46-4)37-17-32(35,36)18-41-27(43)21-7-5-6-8-22(21)28(41)44/h5-8,13-15,19,24,26,37H,9-12,16-18H2,1-4H3,(H,40,45)/t24-,26+/m1/s1/i17D2,18D2. The van der Waals surface area contributed by atoms with Gasteiger partial charge in [0.25, 0.3) is 17.7 Å². The molecule has 0 bridgehead atoms. The van der Waals surface area contributed by atoms with Gasteiger partial charge in [-0.1, -0.05) is 12.1 Å². The van der Waals surface area contributed by atoms with Crippen LogP contribution in [-0.2, 0) is 9.47 Å². The Bertz CT molecular complexity index is 1780. The second-order valence-corrected chi connectivity index (χ2v) is 12.5. The summed E-state index contributed by atoms with van der Waals surface area (Å²) in [5.74, 6) is -11.0. The third-order valence-corrected chi connectivity index (χ3v) is 7.77. The molecule has 1 saturated carbocycles. The fourth-order valence-electron chi connectivity index (χ4n) is 5.54. The summed E-state index contributed by atoms with van der Waals surface area (Å²) in [7, 11) is 1.22. The van der Waals surface area contributed by atoms with Crippen LogP contribution >= 0.6 is 0 Å². The molecule has 254 valence electrons. The number of aromatic nitrogens is 3. The highest BCUT2D eigenvalue weighted by atomic mass is 19.3. The van der Waals surface area contributed by atoms with E-state index in [1.807, 2.05) is 0 Å². The van der Waals surface area contributed by atoms with E-state index in [1.165, 1.54) is 54.4 Å². The highest BCUT2D eigenvalue weighted by molar-refractivity contribution is 6.21. The number of rotatable bonds is 11. The van der Waals surface area contributed by atoms with Gasteiger partial charge in [-0.3, -0.25) is 14.5 Å². The van der Waals surface area contributed by atoms with Crippen molar-refractivity contribution >= 4 is 23.6 Å². The topological polar surface area (TPSA) is 127 Å². The van der Waals surface area contributed by atoms with Gasteiger partial charge in [0, 0.05) is 22.7 Å². The maximum Gasteiger partial charge on any atom is 0.408 e. The lowest BCUT2D eigenvalue weighted by atomic mass is 9.81. The van der Waals surface area contributed by atoms with E-state index in [2.05, 4.69) is 20.7 Å². The highest BCUT2D eigenvalue weighted by Gasteiger charge is 2.43. The zero-order chi connectivity index (χ0) is 37.7. The van der Waals surface area contributed by atoms with Crippen LogP contribution in [0.15, 0.2) is 42.7 Å². The molecular formula is C32H38F4N6O5. The van der Waals surface area contributed by atoms with Crippen LogP contribution in [0.4, 0.5) is 22.4 Å². The van der Waals surface area contributed by atoms with Gasteiger partial charge in [0.2, 0.25) is 5.92 Å². The summed E-state index contributed by atoms with van der Waals surface area (Å²) in [4.78, 5) is 42.8. The van der Waals surface area contributed by atoms with Gasteiger partial charge < -0.3 is 20.1 Å². The van der Waals surface area contributed by atoms with Gasteiger partial charge in [0.15, 0.2) is 5.65 Å². The first-order chi connectivity index (χ1) is 23.6. The van der Waals surface area contributed by atoms with E-state index >= 15 is 8.78 Å². The lowest BCUT2D eigenvalue weighted by Gasteiger charge is -2.33. The predicted octanol–water partition coefficient (Wildman–Crippen LogP) is 5.33. The Balaban J connectivity index is 1.42. The normalized spacial score (nSPS) is 20.2. The largest absolute Gasteiger partial charge is 0.444 e. The van der Waals surface area contributed by atoms with Crippen LogP contribution in [0.3, 0.4) is 0 Å². The van der Waals surface area contributed by atoms with Gasteiger partial charge >= 0.3 is 6.09 Å². The molecule has 15 heteroatoms. The molecular weight excluding hydrogens is 624 g/mol. The monoisotopic (exact) mass is 666 g/mol. The van der Waals surface area contributed by atoms with E-state index in [4.69, 9.17) is 15.0 Å². The highest BCUT2D eigenvalue weighted by Crippen LogP contribution is 2.41. The van der Waals surface area contributed by atoms with Gasteiger partial charge in [-0.05, 0) is 63.3 Å². The van der Waals surface area contributed by atoms with Gasteiger partial charge in [-0.15, -0.1) is 0 Å². The second-order valence-electron chi connectivity index (χ2n) is 12.5. The Hall–Kier alpha value is -4.11. The summed E-state index contributed by atoms with van der Waals surface area (Å²) in [6.45, 7) is -3.45. The zero-order valence-electron chi connectivity index (χ0n) is 30.2. The van der Waals surface area contributed by atoms with Crippen LogP contribution < -0.4 is 10.6 Å². The molecule has 0 saturated heterocycles. The number of fused-ring (bicyclic) bond motifs is 2. The number of imide groups is 1. The van der Waals surface area contributed by atoms with E-state index in [1.54, 1.807) is 20.8 Å². The van der Waals surface area contributed by atoms with Crippen molar-refractivity contribution in [3.8, 4) is 0 Å². The molecule has 2 aromatic heterocycles. The van der Waals surface area contributed by atoms with Crippen molar-refractivity contribution in [1.29, 1.82) is 0 Å². The Morgan fingerprint density at radius 3 is 2.38 bits per heavy atom. The molecule has 3 amide bonds. The summed E-state index contributed by atoms with van der Waals surface area (Å²) in [6, 6.07) is 4.23. The third kappa shape index (κ3) is 8.07. The summed E-state index contributed by atoms with van der Waals surface area (Å²) in [5, 5.41) is 9.07. The predicted molar refractivity (Wildman–Crippen MR) is 161 cm³/mol. The number of nitrogens with one attached hydrogen (secondary N) is 2. The molecule has 2 atom stereocenters. The van der Waals surface area contributed by atoms with E-state index in [0.29, 0.717) is 0 Å². The van der Waals surface area contributed by atoms with E-state index < -0.39 is 73.0 Å². The number of benzene rings is 1. The number of alkyl halides is 4. The van der Waals surface area contributed by atoms with Crippen molar-refractivity contribution in [3.05, 3.63) is 65.1 Å². The van der Waals surface area contributed by atoms with Gasteiger partial charge in [0.1, 0.15) is 5.60 Å². The van der Waals surface area contributed by atoms with Crippen molar-refractivity contribution in [2.45, 2.75) is 76.0 Å². The first-order valence-electron chi connectivity index (χ1n) is 16.9. The van der Waals surface area contributed by atoms with E-state index in [-0.39, 0.29) is 58.6 Å². The van der Waals surface area contributed by atoms with Crippen molar-refractivity contribution in [2.75, 3.05) is 26.7 Å². The number of nitrogens with zero attached hydrogens (tertiary/aromatic N) is 4. The van der Waals surface area contributed by atoms with Gasteiger partial charge in [-0.2, -0.15) is 5.10 Å². The average Bonchev–Trinajstić information content (AvgIpc) is 3.56. The molecule has 3 heterocycles. The van der Waals surface area contributed by atoms with Gasteiger partial charge in [-0.25, -0.2) is 31.9 Å². The fraction of sp³-hybridized carbons (Fsp3) is 0.531. The number of carbonyl (C=O) groups excluding carboxylic acids is 3. The molecule has 5 rings (SSSR count). The number of ether oxygens (including phenoxy) is 2. The minimum Gasteiger partial charge on any atom is -0.444 e. The first kappa shape index (κ1) is 29.1. The molecule has 1 aromatic carbocycles. The minimum atomic E-state index is -5.02. The molecule has 0 spiro atoms. The number of hydrogen-bond donors (Lipinski definition) is 2. The lowest BCUT2D eigenvalue weighted by molar-refractivity contribution is -0.0500. The van der Waals surface area contributed by atoms with Crippen LogP contribution in [0.2, 0.25) is 0 Å². The van der Waals surface area contributed by atoms with Crippen LogP contribution in [0.5, 0.6) is 0 Å². The molecule has 2 aliphatic rings. The average molecular weight is 667 g/mol. The molecule has 1 aliphatic carbocycles. The quantitative estimate of drug-likeness (QED) is 0.208. The van der Waals surface area contributed by atoms with Crippen LogP contribution in [-0.4, -0.2) is 81.6 Å². The number of methoxy groups -OCH3 is 1. The third-order valence-electron chi connectivity index (χ3n) is 7.77. The number of halogens is 4. The lowest BCUT2D eigenvalue weighted by Crippen LogP contribution is -2.46. The summed E-state index contributed by atoms with van der Waals surface area (Å²) in [5.41, 5.74) is -0.980.